The van der Waals surface area contributed by atoms with Gasteiger partial charge < -0.3 is 10.4 Å². The predicted octanol–water partition coefficient (Wildman–Crippen LogP) is 1.23. The van der Waals surface area contributed by atoms with E-state index in [1.807, 2.05) is 12.3 Å². The van der Waals surface area contributed by atoms with Gasteiger partial charge in [-0.2, -0.15) is 0 Å². The lowest BCUT2D eigenvalue weighted by atomic mass is 9.75. The number of nitrogens with zero attached hydrogens (tertiary/aromatic N) is 1. The molecule has 0 amide bonds. The van der Waals surface area contributed by atoms with Crippen LogP contribution in [0.5, 0.6) is 0 Å². The summed E-state index contributed by atoms with van der Waals surface area (Å²) < 4.78 is 0. The van der Waals surface area contributed by atoms with E-state index in [1.54, 1.807) is 0 Å². The molecule has 1 aromatic rings. The van der Waals surface area contributed by atoms with Gasteiger partial charge in [0.15, 0.2) is 0 Å². The molecule has 2 N–H and O–H groups in total. The van der Waals surface area contributed by atoms with Crippen LogP contribution in [0.25, 0.3) is 0 Å². The highest BCUT2D eigenvalue weighted by molar-refractivity contribution is 5.29. The minimum atomic E-state index is -0.566. The Morgan fingerprint density at radius 2 is 2.44 bits per heavy atom. The zero-order valence-corrected chi connectivity index (χ0v) is 9.45. The van der Waals surface area contributed by atoms with Crippen molar-refractivity contribution < 1.29 is 5.11 Å². The number of nitrogens with one attached hydrogen (secondary N) is 1. The van der Waals surface area contributed by atoms with Gasteiger partial charge in [0.25, 0.3) is 0 Å². The van der Waals surface area contributed by atoms with Gasteiger partial charge in [0.2, 0.25) is 0 Å². The van der Waals surface area contributed by atoms with Crippen molar-refractivity contribution in [1.82, 2.24) is 10.3 Å². The molecule has 16 heavy (non-hydrogen) atoms. The molecule has 2 heterocycles. The van der Waals surface area contributed by atoms with Crippen molar-refractivity contribution in [3.63, 3.8) is 0 Å². The number of β-amino-alcohol motifs (C(OH)–C–C–N with tert-alkyl or cyclic N) is 1. The second-order valence-electron chi connectivity index (χ2n) is 5.02. The van der Waals surface area contributed by atoms with E-state index in [0.717, 1.165) is 31.5 Å². The third kappa shape index (κ3) is 1.55. The van der Waals surface area contributed by atoms with Crippen LogP contribution >= 0.6 is 0 Å². The van der Waals surface area contributed by atoms with Crippen LogP contribution in [-0.4, -0.2) is 28.8 Å². The van der Waals surface area contributed by atoms with E-state index in [-0.39, 0.29) is 5.92 Å². The maximum atomic E-state index is 10.7. The molecule has 0 radical (unpaired) electrons. The highest BCUT2D eigenvalue weighted by Crippen LogP contribution is 2.40. The van der Waals surface area contributed by atoms with Crippen LogP contribution in [0.1, 0.15) is 36.4 Å². The minimum Gasteiger partial charge on any atom is -0.388 e. The summed E-state index contributed by atoms with van der Waals surface area (Å²) in [6.45, 7) is 1.64. The first-order valence-corrected chi connectivity index (χ1v) is 6.16. The Kier molecular flexibility index (Phi) is 2.45. The topological polar surface area (TPSA) is 45.2 Å². The molecule has 0 aromatic carbocycles. The molecular formula is C13H18N2O. The molecular weight excluding hydrogens is 200 g/mol. The van der Waals surface area contributed by atoms with Gasteiger partial charge in [-0.15, -0.1) is 0 Å². The average molecular weight is 218 g/mol. The molecule has 2 atom stereocenters. The number of fused-ring (bicyclic) bond motifs is 1. The van der Waals surface area contributed by atoms with Crippen molar-refractivity contribution in [2.45, 2.75) is 37.2 Å². The molecule has 0 spiro atoms. The second-order valence-corrected chi connectivity index (χ2v) is 5.02. The molecule has 1 aromatic heterocycles. The van der Waals surface area contributed by atoms with Gasteiger partial charge in [0.1, 0.15) is 0 Å². The van der Waals surface area contributed by atoms with Crippen LogP contribution in [0.15, 0.2) is 18.3 Å². The Bertz CT molecular complexity index is 385. The van der Waals surface area contributed by atoms with Gasteiger partial charge in [0, 0.05) is 24.4 Å². The van der Waals surface area contributed by atoms with Crippen LogP contribution in [0.2, 0.25) is 0 Å². The summed E-state index contributed by atoms with van der Waals surface area (Å²) >= 11 is 0. The van der Waals surface area contributed by atoms with E-state index < -0.39 is 5.60 Å². The maximum Gasteiger partial charge on any atom is 0.0866 e. The van der Waals surface area contributed by atoms with Crippen LogP contribution in [0, 0.1) is 0 Å². The van der Waals surface area contributed by atoms with E-state index in [0.29, 0.717) is 6.54 Å². The van der Waals surface area contributed by atoms with E-state index in [9.17, 15) is 5.11 Å². The molecule has 1 aliphatic heterocycles. The van der Waals surface area contributed by atoms with Gasteiger partial charge in [-0.1, -0.05) is 6.07 Å². The van der Waals surface area contributed by atoms with Crippen molar-refractivity contribution >= 4 is 0 Å². The van der Waals surface area contributed by atoms with Gasteiger partial charge in [-0.05, 0) is 43.9 Å². The molecule has 0 bridgehead atoms. The molecule has 1 saturated heterocycles. The summed E-state index contributed by atoms with van der Waals surface area (Å²) in [5, 5.41) is 13.9. The van der Waals surface area contributed by atoms with Crippen LogP contribution < -0.4 is 5.32 Å². The largest absolute Gasteiger partial charge is 0.388 e. The number of aromatic nitrogens is 1. The van der Waals surface area contributed by atoms with Crippen LogP contribution in [-0.2, 0) is 6.42 Å². The molecule has 2 aliphatic rings. The van der Waals surface area contributed by atoms with E-state index in [4.69, 9.17) is 0 Å². The summed E-state index contributed by atoms with van der Waals surface area (Å²) in [5.74, 6) is 0.229. The first kappa shape index (κ1) is 10.2. The highest BCUT2D eigenvalue weighted by atomic mass is 16.3. The number of rotatable bonds is 1. The normalized spacial score (nSPS) is 33.7. The second kappa shape index (κ2) is 3.82. The lowest BCUT2D eigenvalue weighted by Gasteiger charge is -2.35. The van der Waals surface area contributed by atoms with Crippen molar-refractivity contribution in [1.29, 1.82) is 0 Å². The minimum absolute atomic E-state index is 0.229. The average Bonchev–Trinajstić information content (AvgIpc) is 2.77. The number of hydrogen-bond donors (Lipinski definition) is 2. The van der Waals surface area contributed by atoms with Crippen molar-refractivity contribution in [2.24, 2.45) is 0 Å². The molecule has 1 aliphatic carbocycles. The van der Waals surface area contributed by atoms with Crippen molar-refractivity contribution in [2.75, 3.05) is 13.1 Å². The lowest BCUT2D eigenvalue weighted by Crippen LogP contribution is -2.40. The van der Waals surface area contributed by atoms with Crippen LogP contribution in [0.3, 0.4) is 0 Å². The van der Waals surface area contributed by atoms with Gasteiger partial charge in [-0.25, -0.2) is 0 Å². The Balaban J connectivity index is 1.98. The quantitative estimate of drug-likeness (QED) is 0.745. The summed E-state index contributed by atoms with van der Waals surface area (Å²) in [4.78, 5) is 4.50. The van der Waals surface area contributed by atoms with E-state index in [2.05, 4.69) is 16.4 Å². The fourth-order valence-corrected chi connectivity index (χ4v) is 3.13. The smallest absolute Gasteiger partial charge is 0.0866 e. The first-order valence-electron chi connectivity index (χ1n) is 6.16. The highest BCUT2D eigenvalue weighted by Gasteiger charge is 2.42. The van der Waals surface area contributed by atoms with E-state index >= 15 is 0 Å². The van der Waals surface area contributed by atoms with Crippen molar-refractivity contribution in [3.8, 4) is 0 Å². The maximum absolute atomic E-state index is 10.7. The fourth-order valence-electron chi connectivity index (χ4n) is 3.13. The zero-order valence-electron chi connectivity index (χ0n) is 9.45. The molecule has 1 fully saturated rings. The summed E-state index contributed by atoms with van der Waals surface area (Å²) in [7, 11) is 0. The third-order valence-corrected chi connectivity index (χ3v) is 4.01. The molecule has 0 saturated carbocycles. The Morgan fingerprint density at radius 1 is 1.50 bits per heavy atom. The molecule has 3 nitrogen and oxygen atoms in total. The summed E-state index contributed by atoms with van der Waals surface area (Å²) in [5.41, 5.74) is 1.91. The summed E-state index contributed by atoms with van der Waals surface area (Å²) in [6, 6.07) is 4.15. The fraction of sp³-hybridized carbons (Fsp3) is 0.615. The molecule has 3 rings (SSSR count). The Hall–Kier alpha value is -0.930. The van der Waals surface area contributed by atoms with Gasteiger partial charge in [-0.3, -0.25) is 4.98 Å². The third-order valence-electron chi connectivity index (χ3n) is 4.01. The number of aryl methyl sites for hydroxylation is 1. The number of pyridine rings is 1. The van der Waals surface area contributed by atoms with Crippen LogP contribution in [0.4, 0.5) is 0 Å². The van der Waals surface area contributed by atoms with Gasteiger partial charge in [0.05, 0.1) is 5.60 Å². The summed E-state index contributed by atoms with van der Waals surface area (Å²) in [6.07, 6.45) is 6.06. The Labute approximate surface area is 95.9 Å². The number of aliphatic hydroxyl groups is 1. The number of hydrogen-bond acceptors (Lipinski definition) is 3. The zero-order chi connectivity index (χ0) is 11.0. The lowest BCUT2D eigenvalue weighted by molar-refractivity contribution is 0.0244. The SMILES string of the molecule is OC1(C2CCCc3cccnc32)CCNC1. The molecule has 86 valence electrons. The molecule has 2 unspecified atom stereocenters. The Morgan fingerprint density at radius 3 is 3.25 bits per heavy atom. The molecule has 3 heteroatoms. The predicted molar refractivity (Wildman–Crippen MR) is 62.4 cm³/mol. The van der Waals surface area contributed by atoms with E-state index in [1.165, 1.54) is 12.0 Å². The standard InChI is InChI=1S/C13H18N2O/c16-13(6-8-14-9-13)11-5-1-3-10-4-2-7-15-12(10)11/h2,4,7,11,14,16H,1,3,5-6,8-9H2. The van der Waals surface area contributed by atoms with Crippen molar-refractivity contribution in [3.05, 3.63) is 29.6 Å². The van der Waals surface area contributed by atoms with Gasteiger partial charge >= 0.3 is 0 Å². The first-order chi connectivity index (χ1) is 7.80. The monoisotopic (exact) mass is 218 g/mol.